The monoisotopic (exact) mass is 293 g/mol. The van der Waals surface area contributed by atoms with Crippen LogP contribution in [0.15, 0.2) is 42.5 Å². The molecule has 0 aliphatic carbocycles. The third kappa shape index (κ3) is 3.71. The van der Waals surface area contributed by atoms with E-state index in [0.29, 0.717) is 16.8 Å². The minimum Gasteiger partial charge on any atom is -0.461 e. The first-order valence-corrected chi connectivity index (χ1v) is 6.37. The fourth-order valence-electron chi connectivity index (χ4n) is 1.69. The lowest BCUT2D eigenvalue weighted by Crippen LogP contribution is -2.09. The van der Waals surface area contributed by atoms with Gasteiger partial charge in [-0.2, -0.15) is 0 Å². The Hall–Kier alpha value is -2.07. The number of hydrogen-bond donors (Lipinski definition) is 1. The van der Waals surface area contributed by atoms with E-state index in [1.165, 1.54) is 12.1 Å². The van der Waals surface area contributed by atoms with Gasteiger partial charge < -0.3 is 10.5 Å². The van der Waals surface area contributed by atoms with E-state index in [2.05, 4.69) is 0 Å². The molecule has 2 rings (SSSR count). The van der Waals surface area contributed by atoms with Gasteiger partial charge in [-0.05, 0) is 29.3 Å². The van der Waals surface area contributed by atoms with Crippen molar-refractivity contribution in [3.05, 3.63) is 64.4 Å². The van der Waals surface area contributed by atoms with E-state index in [9.17, 15) is 9.18 Å². The molecule has 5 heteroatoms. The van der Waals surface area contributed by atoms with Crippen LogP contribution in [-0.2, 0) is 22.6 Å². The Morgan fingerprint density at radius 2 is 2.00 bits per heavy atom. The lowest BCUT2D eigenvalue weighted by Gasteiger charge is -2.07. The van der Waals surface area contributed by atoms with Gasteiger partial charge in [-0.1, -0.05) is 35.9 Å². The van der Waals surface area contributed by atoms with Crippen molar-refractivity contribution in [3.63, 3.8) is 0 Å². The zero-order chi connectivity index (χ0) is 14.5. The maximum atomic E-state index is 13.2. The zero-order valence-corrected chi connectivity index (χ0v) is 11.4. The number of anilines is 1. The van der Waals surface area contributed by atoms with Crippen molar-refractivity contribution >= 4 is 23.3 Å². The number of halogens is 2. The van der Waals surface area contributed by atoms with Gasteiger partial charge >= 0.3 is 5.97 Å². The molecule has 0 aliphatic heterocycles. The van der Waals surface area contributed by atoms with Crippen molar-refractivity contribution in [2.24, 2.45) is 0 Å². The van der Waals surface area contributed by atoms with Crippen LogP contribution in [0.25, 0.3) is 0 Å². The first-order valence-electron chi connectivity index (χ1n) is 5.99. The summed E-state index contributed by atoms with van der Waals surface area (Å²) < 4.78 is 18.3. The van der Waals surface area contributed by atoms with Crippen LogP contribution in [0.5, 0.6) is 0 Å². The van der Waals surface area contributed by atoms with Gasteiger partial charge in [0.15, 0.2) is 0 Å². The Bertz CT molecular complexity index is 631. The normalized spacial score (nSPS) is 10.3. The first-order chi connectivity index (χ1) is 9.56. The van der Waals surface area contributed by atoms with Gasteiger partial charge in [0, 0.05) is 5.69 Å². The molecule has 0 aromatic heterocycles. The summed E-state index contributed by atoms with van der Waals surface area (Å²) in [7, 11) is 0. The Labute approximate surface area is 121 Å². The largest absolute Gasteiger partial charge is 0.461 e. The molecule has 0 fully saturated rings. The van der Waals surface area contributed by atoms with E-state index in [0.717, 1.165) is 0 Å². The van der Waals surface area contributed by atoms with Crippen LogP contribution >= 0.6 is 11.6 Å². The number of esters is 1. The Morgan fingerprint density at radius 1 is 1.25 bits per heavy atom. The highest BCUT2D eigenvalue weighted by molar-refractivity contribution is 6.30. The summed E-state index contributed by atoms with van der Waals surface area (Å²) >= 11 is 5.57. The van der Waals surface area contributed by atoms with E-state index in [4.69, 9.17) is 22.1 Å². The summed E-state index contributed by atoms with van der Waals surface area (Å²) in [6.07, 6.45) is 0.0861. The minimum atomic E-state index is -0.535. The highest BCUT2D eigenvalue weighted by Crippen LogP contribution is 2.17. The highest BCUT2D eigenvalue weighted by Gasteiger charge is 2.08. The number of rotatable bonds is 4. The van der Waals surface area contributed by atoms with E-state index in [-0.39, 0.29) is 18.1 Å². The molecule has 0 bridgehead atoms. The molecule has 20 heavy (non-hydrogen) atoms. The number of hydrogen-bond acceptors (Lipinski definition) is 3. The van der Waals surface area contributed by atoms with E-state index in [1.54, 1.807) is 30.3 Å². The molecule has 2 aromatic rings. The summed E-state index contributed by atoms with van der Waals surface area (Å²) in [5, 5.41) is 0.0390. The van der Waals surface area contributed by atoms with Gasteiger partial charge in [-0.25, -0.2) is 4.39 Å². The number of para-hydroxylation sites is 1. The molecule has 2 N–H and O–H groups in total. The molecule has 0 heterocycles. The van der Waals surface area contributed by atoms with Gasteiger partial charge in [0.1, 0.15) is 12.4 Å². The molecule has 0 unspecified atom stereocenters. The number of ether oxygens (including phenoxy) is 1. The quantitative estimate of drug-likeness (QED) is 0.695. The van der Waals surface area contributed by atoms with Crippen LogP contribution in [0.2, 0.25) is 5.02 Å². The van der Waals surface area contributed by atoms with Gasteiger partial charge in [0.25, 0.3) is 0 Å². The SMILES string of the molecule is Nc1ccccc1CC(=O)OCc1ccc(Cl)c(F)c1. The van der Waals surface area contributed by atoms with Crippen molar-refractivity contribution in [3.8, 4) is 0 Å². The standard InChI is InChI=1S/C15H13ClFNO2/c16-12-6-5-10(7-13(12)17)9-20-15(19)8-11-3-1-2-4-14(11)18/h1-7H,8-9,18H2. The Balaban J connectivity index is 1.92. The molecule has 0 saturated carbocycles. The second-order valence-electron chi connectivity index (χ2n) is 4.28. The van der Waals surface area contributed by atoms with Gasteiger partial charge in [-0.3, -0.25) is 4.79 Å². The van der Waals surface area contributed by atoms with Crippen molar-refractivity contribution in [1.29, 1.82) is 0 Å². The van der Waals surface area contributed by atoms with Gasteiger partial charge in [0.2, 0.25) is 0 Å². The predicted octanol–water partition coefficient (Wildman–Crippen LogP) is 3.35. The van der Waals surface area contributed by atoms with Crippen LogP contribution in [-0.4, -0.2) is 5.97 Å². The number of nitrogen functional groups attached to an aromatic ring is 1. The third-order valence-corrected chi connectivity index (χ3v) is 3.08. The molecule has 0 atom stereocenters. The topological polar surface area (TPSA) is 52.3 Å². The lowest BCUT2D eigenvalue weighted by molar-refractivity contribution is -0.144. The summed E-state index contributed by atoms with van der Waals surface area (Å²) in [6.45, 7) is -0.000337. The van der Waals surface area contributed by atoms with E-state index in [1.807, 2.05) is 0 Å². The van der Waals surface area contributed by atoms with Gasteiger partial charge in [0.05, 0.1) is 11.4 Å². The zero-order valence-electron chi connectivity index (χ0n) is 10.6. The smallest absolute Gasteiger partial charge is 0.310 e. The summed E-state index contributed by atoms with van der Waals surface area (Å²) in [5.74, 6) is -0.953. The van der Waals surface area contributed by atoms with Crippen LogP contribution in [0.1, 0.15) is 11.1 Å². The van der Waals surface area contributed by atoms with E-state index < -0.39 is 11.8 Å². The average molecular weight is 294 g/mol. The molecule has 0 aliphatic rings. The summed E-state index contributed by atoms with van der Waals surface area (Å²) in [4.78, 5) is 11.7. The van der Waals surface area contributed by atoms with Crippen LogP contribution in [0.3, 0.4) is 0 Å². The third-order valence-electron chi connectivity index (χ3n) is 2.77. The molecule has 3 nitrogen and oxygen atoms in total. The Kier molecular flexibility index (Phi) is 4.58. The fourth-order valence-corrected chi connectivity index (χ4v) is 1.81. The number of nitrogens with two attached hydrogens (primary N) is 1. The van der Waals surface area contributed by atoms with Crippen molar-refractivity contribution in [2.45, 2.75) is 13.0 Å². The summed E-state index contributed by atoms with van der Waals surface area (Å²) in [5.41, 5.74) is 7.54. The molecule has 0 amide bonds. The summed E-state index contributed by atoms with van der Waals surface area (Å²) in [6, 6.07) is 11.3. The number of carbonyl (C=O) groups is 1. The second-order valence-corrected chi connectivity index (χ2v) is 4.69. The van der Waals surface area contributed by atoms with Crippen LogP contribution < -0.4 is 5.73 Å². The molecule has 0 radical (unpaired) electrons. The van der Waals surface area contributed by atoms with Crippen molar-refractivity contribution < 1.29 is 13.9 Å². The molecule has 0 saturated heterocycles. The Morgan fingerprint density at radius 3 is 2.70 bits per heavy atom. The van der Waals surface area contributed by atoms with Crippen molar-refractivity contribution in [1.82, 2.24) is 0 Å². The van der Waals surface area contributed by atoms with Crippen LogP contribution in [0.4, 0.5) is 10.1 Å². The minimum absolute atomic E-state index is 0.000337. The molecule has 0 spiro atoms. The predicted molar refractivity (Wildman–Crippen MR) is 75.8 cm³/mol. The maximum Gasteiger partial charge on any atom is 0.310 e. The lowest BCUT2D eigenvalue weighted by atomic mass is 10.1. The van der Waals surface area contributed by atoms with Crippen LogP contribution in [0, 0.1) is 5.82 Å². The van der Waals surface area contributed by atoms with Gasteiger partial charge in [-0.15, -0.1) is 0 Å². The number of benzene rings is 2. The van der Waals surface area contributed by atoms with E-state index >= 15 is 0 Å². The maximum absolute atomic E-state index is 13.2. The highest BCUT2D eigenvalue weighted by atomic mass is 35.5. The molecular weight excluding hydrogens is 281 g/mol. The molecular formula is C15H13ClFNO2. The fraction of sp³-hybridized carbons (Fsp3) is 0.133. The van der Waals surface area contributed by atoms with Crippen molar-refractivity contribution in [2.75, 3.05) is 5.73 Å². The number of carbonyl (C=O) groups excluding carboxylic acids is 1. The second kappa shape index (κ2) is 6.39. The molecule has 104 valence electrons. The molecule has 2 aromatic carbocycles. The average Bonchev–Trinajstić information content (AvgIpc) is 2.43. The first kappa shape index (κ1) is 14.3.